The van der Waals surface area contributed by atoms with Crippen molar-refractivity contribution in [1.29, 1.82) is 0 Å². The third-order valence-electron chi connectivity index (χ3n) is 3.06. The molecule has 0 aliphatic rings. The maximum absolute atomic E-state index is 5.81. The molecule has 0 saturated carbocycles. The molecule has 0 saturated heterocycles. The van der Waals surface area contributed by atoms with Crippen LogP contribution in [0, 0.1) is 0 Å². The lowest BCUT2D eigenvalue weighted by atomic mass is 10.2. The maximum atomic E-state index is 5.81. The van der Waals surface area contributed by atoms with E-state index in [1.54, 1.807) is 12.4 Å². The summed E-state index contributed by atoms with van der Waals surface area (Å²) in [7, 11) is 0. The lowest BCUT2D eigenvalue weighted by Gasteiger charge is -1.94. The molecule has 8 nitrogen and oxygen atoms in total. The van der Waals surface area contributed by atoms with Crippen LogP contribution >= 0.6 is 11.8 Å². The normalized spacial score (nSPS) is 11.0. The van der Waals surface area contributed by atoms with Crippen molar-refractivity contribution < 1.29 is 4.42 Å². The zero-order valence-corrected chi connectivity index (χ0v) is 12.6. The summed E-state index contributed by atoms with van der Waals surface area (Å²) in [4.78, 5) is 11.3. The van der Waals surface area contributed by atoms with E-state index >= 15 is 0 Å². The SMILES string of the molecule is c1cncc(-c2ccc(-c3nnc(SCc4ncn[nH]4)[nH]3)o2)c1. The van der Waals surface area contributed by atoms with Gasteiger partial charge in [-0.2, -0.15) is 5.10 Å². The van der Waals surface area contributed by atoms with Gasteiger partial charge in [0.15, 0.2) is 16.7 Å². The molecule has 9 heteroatoms. The van der Waals surface area contributed by atoms with Crippen molar-refractivity contribution in [3.63, 3.8) is 0 Å². The van der Waals surface area contributed by atoms with Crippen LogP contribution in [0.25, 0.3) is 22.9 Å². The van der Waals surface area contributed by atoms with Gasteiger partial charge in [0.2, 0.25) is 0 Å². The minimum absolute atomic E-state index is 0.584. The average Bonchev–Trinajstić information content (AvgIpc) is 3.34. The van der Waals surface area contributed by atoms with Crippen LogP contribution < -0.4 is 0 Å². The number of hydrogen-bond donors (Lipinski definition) is 2. The van der Waals surface area contributed by atoms with Crippen LogP contribution in [0.5, 0.6) is 0 Å². The number of pyridine rings is 1. The van der Waals surface area contributed by atoms with E-state index in [1.807, 2.05) is 24.3 Å². The zero-order valence-electron chi connectivity index (χ0n) is 11.8. The van der Waals surface area contributed by atoms with Gasteiger partial charge in [0, 0.05) is 18.0 Å². The highest BCUT2D eigenvalue weighted by molar-refractivity contribution is 7.98. The quantitative estimate of drug-likeness (QED) is 0.543. The molecule has 114 valence electrons. The molecule has 0 unspecified atom stereocenters. The fraction of sp³-hybridized carbons (Fsp3) is 0.0714. The van der Waals surface area contributed by atoms with Gasteiger partial charge in [0.25, 0.3) is 0 Å². The summed E-state index contributed by atoms with van der Waals surface area (Å²) in [6.45, 7) is 0. The number of aromatic amines is 2. The largest absolute Gasteiger partial charge is 0.453 e. The van der Waals surface area contributed by atoms with Crippen LogP contribution in [-0.2, 0) is 5.75 Å². The molecule has 2 N–H and O–H groups in total. The van der Waals surface area contributed by atoms with E-state index in [2.05, 4.69) is 35.3 Å². The maximum Gasteiger partial charge on any atom is 0.197 e. The van der Waals surface area contributed by atoms with Gasteiger partial charge in [-0.15, -0.1) is 10.2 Å². The van der Waals surface area contributed by atoms with E-state index < -0.39 is 0 Å². The first-order valence-corrected chi connectivity index (χ1v) is 7.77. The molecule has 4 rings (SSSR count). The first-order valence-electron chi connectivity index (χ1n) is 6.79. The van der Waals surface area contributed by atoms with Gasteiger partial charge in [0.05, 0.1) is 5.75 Å². The van der Waals surface area contributed by atoms with Crippen molar-refractivity contribution in [2.24, 2.45) is 0 Å². The van der Waals surface area contributed by atoms with E-state index in [4.69, 9.17) is 4.42 Å². The smallest absolute Gasteiger partial charge is 0.197 e. The van der Waals surface area contributed by atoms with Gasteiger partial charge in [-0.1, -0.05) is 11.8 Å². The molecule has 0 aromatic carbocycles. The van der Waals surface area contributed by atoms with E-state index in [9.17, 15) is 0 Å². The fourth-order valence-corrected chi connectivity index (χ4v) is 2.67. The lowest BCUT2D eigenvalue weighted by Crippen LogP contribution is -1.84. The number of rotatable bonds is 5. The summed E-state index contributed by atoms with van der Waals surface area (Å²) >= 11 is 1.48. The van der Waals surface area contributed by atoms with Gasteiger partial charge in [0.1, 0.15) is 17.9 Å². The van der Waals surface area contributed by atoms with Gasteiger partial charge in [-0.05, 0) is 24.3 Å². The Hall–Kier alpha value is -2.94. The molecule has 0 aliphatic carbocycles. The highest BCUT2D eigenvalue weighted by Gasteiger charge is 2.12. The predicted molar refractivity (Wildman–Crippen MR) is 83.3 cm³/mol. The molecule has 0 amide bonds. The Bertz CT molecular complexity index is 885. The Morgan fingerprint density at radius 3 is 2.91 bits per heavy atom. The summed E-state index contributed by atoms with van der Waals surface area (Å²) < 4.78 is 5.81. The Balaban J connectivity index is 1.49. The molecule has 0 atom stereocenters. The van der Waals surface area contributed by atoms with Crippen molar-refractivity contribution in [1.82, 2.24) is 35.3 Å². The highest BCUT2D eigenvalue weighted by Crippen LogP contribution is 2.27. The predicted octanol–water partition coefficient (Wildman–Crippen LogP) is 2.54. The molecule has 0 aliphatic heterocycles. The molecule has 4 aromatic heterocycles. The minimum Gasteiger partial charge on any atom is -0.453 e. The standard InChI is InChI=1S/C14H11N7OS/c1-2-9(6-15-5-1)10-3-4-11(22-10)13-18-14(21-20-13)23-7-12-16-8-17-19-12/h1-6,8H,7H2,(H,16,17,19)(H,18,20,21). The van der Waals surface area contributed by atoms with Crippen molar-refractivity contribution >= 4 is 11.8 Å². The number of furan rings is 1. The van der Waals surface area contributed by atoms with E-state index in [0.717, 1.165) is 17.1 Å². The molecule has 4 heterocycles. The van der Waals surface area contributed by atoms with E-state index in [-0.39, 0.29) is 0 Å². The van der Waals surface area contributed by atoms with Crippen molar-refractivity contribution in [3.8, 4) is 22.9 Å². The summed E-state index contributed by atoms with van der Waals surface area (Å²) in [6.07, 6.45) is 4.95. The van der Waals surface area contributed by atoms with Crippen LogP contribution in [-0.4, -0.2) is 35.3 Å². The summed E-state index contributed by atoms with van der Waals surface area (Å²) in [5, 5.41) is 15.5. The summed E-state index contributed by atoms with van der Waals surface area (Å²) in [5.41, 5.74) is 0.915. The topological polar surface area (TPSA) is 109 Å². The first-order chi connectivity index (χ1) is 11.4. The number of aromatic nitrogens is 7. The third-order valence-corrected chi connectivity index (χ3v) is 3.94. The van der Waals surface area contributed by atoms with E-state index in [0.29, 0.717) is 22.5 Å². The van der Waals surface area contributed by atoms with Crippen molar-refractivity contribution in [2.75, 3.05) is 0 Å². The number of thioether (sulfide) groups is 1. The number of H-pyrrole nitrogens is 2. The highest BCUT2D eigenvalue weighted by atomic mass is 32.2. The molecule has 0 spiro atoms. The van der Waals surface area contributed by atoms with Gasteiger partial charge >= 0.3 is 0 Å². The lowest BCUT2D eigenvalue weighted by molar-refractivity contribution is 0.592. The Labute approximate surface area is 134 Å². The monoisotopic (exact) mass is 325 g/mol. The zero-order chi connectivity index (χ0) is 15.5. The van der Waals surface area contributed by atoms with Crippen molar-refractivity contribution in [3.05, 3.63) is 48.8 Å². The fourth-order valence-electron chi connectivity index (χ4n) is 1.99. The van der Waals surface area contributed by atoms with Gasteiger partial charge < -0.3 is 9.40 Å². The average molecular weight is 325 g/mol. The second kappa shape index (κ2) is 6.05. The first kappa shape index (κ1) is 13.7. The van der Waals surface area contributed by atoms with Crippen LogP contribution in [0.4, 0.5) is 0 Å². The molecule has 23 heavy (non-hydrogen) atoms. The Morgan fingerprint density at radius 1 is 1.13 bits per heavy atom. The van der Waals surface area contributed by atoms with Crippen LogP contribution in [0.15, 0.2) is 52.6 Å². The Morgan fingerprint density at radius 2 is 2.09 bits per heavy atom. The van der Waals surface area contributed by atoms with Crippen LogP contribution in [0.3, 0.4) is 0 Å². The van der Waals surface area contributed by atoms with Crippen LogP contribution in [0.1, 0.15) is 5.82 Å². The van der Waals surface area contributed by atoms with E-state index in [1.165, 1.54) is 18.1 Å². The second-order valence-corrected chi connectivity index (χ2v) is 5.57. The number of hydrogen-bond acceptors (Lipinski definition) is 7. The van der Waals surface area contributed by atoms with Gasteiger partial charge in [-0.25, -0.2) is 4.98 Å². The molecule has 0 bridgehead atoms. The minimum atomic E-state index is 0.584. The number of nitrogens with one attached hydrogen (secondary N) is 2. The molecule has 0 radical (unpaired) electrons. The van der Waals surface area contributed by atoms with Crippen LogP contribution in [0.2, 0.25) is 0 Å². The molecular weight excluding hydrogens is 314 g/mol. The van der Waals surface area contributed by atoms with Crippen molar-refractivity contribution in [2.45, 2.75) is 10.9 Å². The Kier molecular flexibility index (Phi) is 3.60. The summed E-state index contributed by atoms with van der Waals surface area (Å²) in [5.74, 6) is 3.36. The third kappa shape index (κ3) is 2.99. The van der Waals surface area contributed by atoms with Gasteiger partial charge in [-0.3, -0.25) is 10.1 Å². The second-order valence-electron chi connectivity index (χ2n) is 4.61. The molecular formula is C14H11N7OS. The summed E-state index contributed by atoms with van der Waals surface area (Å²) in [6, 6.07) is 7.54. The molecule has 4 aromatic rings. The molecule has 0 fully saturated rings. The number of nitrogens with zero attached hydrogens (tertiary/aromatic N) is 5.